The highest BCUT2D eigenvalue weighted by molar-refractivity contribution is 5.94. The molecule has 0 spiro atoms. The van der Waals surface area contributed by atoms with E-state index in [9.17, 15) is 4.79 Å². The van der Waals surface area contributed by atoms with Gasteiger partial charge in [0.2, 0.25) is 0 Å². The van der Waals surface area contributed by atoms with Crippen LogP contribution in [0.3, 0.4) is 0 Å². The van der Waals surface area contributed by atoms with Gasteiger partial charge in [0, 0.05) is 31.0 Å². The van der Waals surface area contributed by atoms with Crippen LogP contribution in [0, 0.1) is 6.92 Å². The van der Waals surface area contributed by atoms with Gasteiger partial charge in [0.15, 0.2) is 0 Å². The lowest BCUT2D eigenvalue weighted by Gasteiger charge is -2.17. The Hall–Kier alpha value is -2.36. The van der Waals surface area contributed by atoms with E-state index in [1.54, 1.807) is 11.9 Å². The topological polar surface area (TPSA) is 45.2 Å². The Balaban J connectivity index is 2.07. The Labute approximate surface area is 119 Å². The normalized spacial score (nSPS) is 10.2. The summed E-state index contributed by atoms with van der Waals surface area (Å²) in [5, 5.41) is 3.03. The number of pyridine rings is 1. The SMILES string of the molecule is CNc1ccc(C(=O)N(C)Cc2cccc(C)n2)cc1. The number of carbonyl (C=O) groups is 1. The molecule has 1 N–H and O–H groups in total. The molecule has 4 nitrogen and oxygen atoms in total. The Kier molecular flexibility index (Phi) is 4.35. The van der Waals surface area contributed by atoms with Crippen LogP contribution in [0.1, 0.15) is 21.7 Å². The van der Waals surface area contributed by atoms with Crippen molar-refractivity contribution in [1.82, 2.24) is 9.88 Å². The van der Waals surface area contributed by atoms with Crippen LogP contribution in [-0.2, 0) is 6.54 Å². The van der Waals surface area contributed by atoms with E-state index < -0.39 is 0 Å². The standard InChI is InChI=1S/C16H19N3O/c1-12-5-4-6-15(18-12)11-19(3)16(20)13-7-9-14(17-2)10-8-13/h4-10,17H,11H2,1-3H3. The minimum Gasteiger partial charge on any atom is -0.388 e. The van der Waals surface area contributed by atoms with Crippen LogP contribution in [0.5, 0.6) is 0 Å². The molecule has 0 bridgehead atoms. The molecule has 0 atom stereocenters. The van der Waals surface area contributed by atoms with Gasteiger partial charge in [0.1, 0.15) is 0 Å². The average molecular weight is 269 g/mol. The number of rotatable bonds is 4. The maximum atomic E-state index is 12.3. The summed E-state index contributed by atoms with van der Waals surface area (Å²) < 4.78 is 0. The molecule has 0 fully saturated rings. The maximum Gasteiger partial charge on any atom is 0.253 e. The smallest absolute Gasteiger partial charge is 0.253 e. The first-order chi connectivity index (χ1) is 9.60. The minimum atomic E-state index is -0.00374. The number of aryl methyl sites for hydroxylation is 1. The molecule has 0 aliphatic heterocycles. The summed E-state index contributed by atoms with van der Waals surface area (Å²) in [5.74, 6) is -0.00374. The summed E-state index contributed by atoms with van der Waals surface area (Å²) in [6.07, 6.45) is 0. The number of nitrogens with zero attached hydrogens (tertiary/aromatic N) is 2. The first kappa shape index (κ1) is 14.1. The van der Waals surface area contributed by atoms with Crippen molar-refractivity contribution in [3.8, 4) is 0 Å². The highest BCUT2D eigenvalue weighted by Crippen LogP contribution is 2.11. The van der Waals surface area contributed by atoms with E-state index in [-0.39, 0.29) is 5.91 Å². The van der Waals surface area contributed by atoms with Crippen LogP contribution in [0.25, 0.3) is 0 Å². The molecule has 0 radical (unpaired) electrons. The minimum absolute atomic E-state index is 0.00374. The molecule has 20 heavy (non-hydrogen) atoms. The fourth-order valence-corrected chi connectivity index (χ4v) is 2.00. The number of amides is 1. The van der Waals surface area contributed by atoms with Crippen molar-refractivity contribution in [2.45, 2.75) is 13.5 Å². The van der Waals surface area contributed by atoms with Crippen LogP contribution >= 0.6 is 0 Å². The Morgan fingerprint density at radius 1 is 1.20 bits per heavy atom. The second-order valence-electron chi connectivity index (χ2n) is 4.76. The molecule has 1 heterocycles. The predicted molar refractivity (Wildman–Crippen MR) is 80.8 cm³/mol. The number of hydrogen-bond donors (Lipinski definition) is 1. The molecule has 2 rings (SSSR count). The first-order valence-electron chi connectivity index (χ1n) is 6.56. The fraction of sp³-hybridized carbons (Fsp3) is 0.250. The Bertz CT molecular complexity index is 593. The van der Waals surface area contributed by atoms with Crippen molar-refractivity contribution in [1.29, 1.82) is 0 Å². The van der Waals surface area contributed by atoms with Crippen molar-refractivity contribution in [2.75, 3.05) is 19.4 Å². The lowest BCUT2D eigenvalue weighted by atomic mass is 10.2. The summed E-state index contributed by atoms with van der Waals surface area (Å²) in [5.41, 5.74) is 3.53. The quantitative estimate of drug-likeness (QED) is 0.928. The monoisotopic (exact) mass is 269 g/mol. The molecule has 1 aromatic carbocycles. The fourth-order valence-electron chi connectivity index (χ4n) is 2.00. The van der Waals surface area contributed by atoms with E-state index in [1.807, 2.05) is 56.4 Å². The Morgan fingerprint density at radius 3 is 2.50 bits per heavy atom. The van der Waals surface area contributed by atoms with E-state index >= 15 is 0 Å². The van der Waals surface area contributed by atoms with Gasteiger partial charge in [-0.3, -0.25) is 9.78 Å². The van der Waals surface area contributed by atoms with Crippen LogP contribution in [0.2, 0.25) is 0 Å². The number of aromatic nitrogens is 1. The molecule has 1 aromatic heterocycles. The van der Waals surface area contributed by atoms with Crippen molar-refractivity contribution < 1.29 is 4.79 Å². The zero-order valence-electron chi connectivity index (χ0n) is 12.1. The van der Waals surface area contributed by atoms with Gasteiger partial charge in [-0.15, -0.1) is 0 Å². The number of hydrogen-bond acceptors (Lipinski definition) is 3. The van der Waals surface area contributed by atoms with Crippen LogP contribution < -0.4 is 5.32 Å². The highest BCUT2D eigenvalue weighted by atomic mass is 16.2. The second kappa shape index (κ2) is 6.19. The molecule has 4 heteroatoms. The largest absolute Gasteiger partial charge is 0.388 e. The molecule has 0 unspecified atom stereocenters. The summed E-state index contributed by atoms with van der Waals surface area (Å²) in [7, 11) is 3.64. The lowest BCUT2D eigenvalue weighted by molar-refractivity contribution is 0.0783. The van der Waals surface area contributed by atoms with E-state index in [0.29, 0.717) is 12.1 Å². The molecule has 0 saturated heterocycles. The molecule has 0 saturated carbocycles. The second-order valence-corrected chi connectivity index (χ2v) is 4.76. The van der Waals surface area contributed by atoms with Gasteiger partial charge >= 0.3 is 0 Å². The van der Waals surface area contributed by atoms with Crippen LogP contribution in [-0.4, -0.2) is 29.9 Å². The van der Waals surface area contributed by atoms with E-state index in [4.69, 9.17) is 0 Å². The van der Waals surface area contributed by atoms with Gasteiger partial charge in [-0.2, -0.15) is 0 Å². The molecule has 104 valence electrons. The molecule has 2 aromatic rings. The molecular weight excluding hydrogens is 250 g/mol. The van der Waals surface area contributed by atoms with Gasteiger partial charge < -0.3 is 10.2 Å². The van der Waals surface area contributed by atoms with Gasteiger partial charge in [0.05, 0.1) is 12.2 Å². The maximum absolute atomic E-state index is 12.3. The number of nitrogens with one attached hydrogen (secondary N) is 1. The van der Waals surface area contributed by atoms with Gasteiger partial charge in [0.25, 0.3) is 5.91 Å². The molecule has 0 aliphatic carbocycles. The zero-order chi connectivity index (χ0) is 14.5. The molecular formula is C16H19N3O. The number of benzene rings is 1. The van der Waals surface area contributed by atoms with Gasteiger partial charge in [-0.05, 0) is 43.3 Å². The summed E-state index contributed by atoms with van der Waals surface area (Å²) in [6, 6.07) is 13.3. The summed E-state index contributed by atoms with van der Waals surface area (Å²) >= 11 is 0. The zero-order valence-corrected chi connectivity index (χ0v) is 12.1. The summed E-state index contributed by atoms with van der Waals surface area (Å²) in [4.78, 5) is 18.4. The third kappa shape index (κ3) is 3.35. The van der Waals surface area contributed by atoms with E-state index in [2.05, 4.69) is 10.3 Å². The number of carbonyl (C=O) groups excluding carboxylic acids is 1. The number of anilines is 1. The third-order valence-corrected chi connectivity index (χ3v) is 3.11. The first-order valence-corrected chi connectivity index (χ1v) is 6.56. The Morgan fingerprint density at radius 2 is 1.90 bits per heavy atom. The van der Waals surface area contributed by atoms with Gasteiger partial charge in [-0.1, -0.05) is 6.07 Å². The predicted octanol–water partition coefficient (Wildman–Crippen LogP) is 2.70. The lowest BCUT2D eigenvalue weighted by Crippen LogP contribution is -2.26. The molecule has 0 aliphatic rings. The summed E-state index contributed by atoms with van der Waals surface area (Å²) in [6.45, 7) is 2.45. The van der Waals surface area contributed by atoms with Crippen molar-refractivity contribution >= 4 is 11.6 Å². The van der Waals surface area contributed by atoms with Crippen molar-refractivity contribution in [3.05, 3.63) is 59.4 Å². The molecule has 1 amide bonds. The third-order valence-electron chi connectivity index (χ3n) is 3.11. The average Bonchev–Trinajstić information content (AvgIpc) is 2.46. The van der Waals surface area contributed by atoms with Crippen LogP contribution in [0.15, 0.2) is 42.5 Å². The van der Waals surface area contributed by atoms with E-state index in [0.717, 1.165) is 17.1 Å². The highest BCUT2D eigenvalue weighted by Gasteiger charge is 2.12. The van der Waals surface area contributed by atoms with Crippen molar-refractivity contribution in [3.63, 3.8) is 0 Å². The van der Waals surface area contributed by atoms with Crippen molar-refractivity contribution in [2.24, 2.45) is 0 Å². The van der Waals surface area contributed by atoms with Gasteiger partial charge in [-0.25, -0.2) is 0 Å². The van der Waals surface area contributed by atoms with E-state index in [1.165, 1.54) is 0 Å². The van der Waals surface area contributed by atoms with Crippen LogP contribution in [0.4, 0.5) is 5.69 Å².